The average Bonchev–Trinajstić information content (AvgIpc) is 3.25. The summed E-state index contributed by atoms with van der Waals surface area (Å²) in [5.74, 6) is 0.248. The molecule has 1 aromatic carbocycles. The topological polar surface area (TPSA) is 101 Å². The number of nitrogens with one attached hydrogen (secondary N) is 2. The molecule has 1 amide bonds. The van der Waals surface area contributed by atoms with Crippen molar-refractivity contribution in [2.75, 3.05) is 11.3 Å². The minimum absolute atomic E-state index is 0. The number of halogens is 1. The van der Waals surface area contributed by atoms with E-state index in [0.717, 1.165) is 24.2 Å². The predicted molar refractivity (Wildman–Crippen MR) is 102 cm³/mol. The van der Waals surface area contributed by atoms with E-state index in [9.17, 15) is 13.2 Å². The van der Waals surface area contributed by atoms with E-state index in [0.29, 0.717) is 23.7 Å². The van der Waals surface area contributed by atoms with Gasteiger partial charge < -0.3 is 11.1 Å². The zero-order valence-electron chi connectivity index (χ0n) is 13.3. The molecular weight excluding hydrogens is 382 g/mol. The first-order chi connectivity index (χ1) is 11.5. The standard InChI is InChI=1S/C16H19N3O3S2.ClH/c17-14(11-6-7-11)10-18-16(20)12-3-1-4-13(9-12)19-24(21,22)15-5-2-8-23-15;/h1-5,8-9,11,14,19H,6-7,10,17H2,(H,18,20);1H. The predicted octanol–water partition coefficient (Wildman–Crippen LogP) is 2.44. The zero-order valence-corrected chi connectivity index (χ0v) is 15.8. The number of rotatable bonds is 7. The van der Waals surface area contributed by atoms with Crippen LogP contribution in [0.2, 0.25) is 0 Å². The lowest BCUT2D eigenvalue weighted by Crippen LogP contribution is -2.38. The summed E-state index contributed by atoms with van der Waals surface area (Å²) in [5.41, 5.74) is 6.71. The molecule has 0 bridgehead atoms. The summed E-state index contributed by atoms with van der Waals surface area (Å²) in [4.78, 5) is 12.2. The van der Waals surface area contributed by atoms with Gasteiger partial charge in [0.1, 0.15) is 4.21 Å². The van der Waals surface area contributed by atoms with Gasteiger partial charge in [0.05, 0.1) is 0 Å². The minimum Gasteiger partial charge on any atom is -0.350 e. The van der Waals surface area contributed by atoms with Crippen molar-refractivity contribution in [2.45, 2.75) is 23.1 Å². The highest BCUT2D eigenvalue weighted by molar-refractivity contribution is 7.94. The number of nitrogens with two attached hydrogens (primary N) is 1. The second-order valence-corrected chi connectivity index (χ2v) is 8.69. The third kappa shape index (κ3) is 5.18. The van der Waals surface area contributed by atoms with Gasteiger partial charge in [0.2, 0.25) is 0 Å². The number of amides is 1. The summed E-state index contributed by atoms with van der Waals surface area (Å²) in [6.45, 7) is 0.425. The van der Waals surface area contributed by atoms with E-state index in [1.807, 2.05) is 0 Å². The van der Waals surface area contributed by atoms with Crippen molar-refractivity contribution in [2.24, 2.45) is 11.7 Å². The highest BCUT2D eigenvalue weighted by Gasteiger charge is 2.28. The van der Waals surface area contributed by atoms with Gasteiger partial charge in [-0.1, -0.05) is 12.1 Å². The van der Waals surface area contributed by atoms with Gasteiger partial charge in [-0.2, -0.15) is 0 Å². The van der Waals surface area contributed by atoms with Gasteiger partial charge in [-0.25, -0.2) is 8.42 Å². The fourth-order valence-corrected chi connectivity index (χ4v) is 4.39. The molecule has 25 heavy (non-hydrogen) atoms. The van der Waals surface area contributed by atoms with Crippen molar-refractivity contribution < 1.29 is 13.2 Å². The Kier molecular flexibility index (Phi) is 6.45. The number of anilines is 1. The van der Waals surface area contributed by atoms with Gasteiger partial charge in [-0.15, -0.1) is 23.7 Å². The maximum absolute atomic E-state index is 12.2. The van der Waals surface area contributed by atoms with Crippen LogP contribution in [0.15, 0.2) is 46.0 Å². The Labute approximate surface area is 157 Å². The monoisotopic (exact) mass is 401 g/mol. The molecule has 2 aromatic rings. The normalized spacial score (nSPS) is 15.1. The molecule has 1 heterocycles. The SMILES string of the molecule is Cl.NC(CNC(=O)c1cccc(NS(=O)(=O)c2cccs2)c1)C1CC1. The molecule has 9 heteroatoms. The highest BCUT2D eigenvalue weighted by atomic mass is 35.5. The quantitative estimate of drug-likeness (QED) is 0.663. The van der Waals surface area contributed by atoms with Crippen molar-refractivity contribution in [3.63, 3.8) is 0 Å². The van der Waals surface area contributed by atoms with Gasteiger partial charge in [0.15, 0.2) is 0 Å². The van der Waals surface area contributed by atoms with Gasteiger partial charge in [0, 0.05) is 23.8 Å². The van der Waals surface area contributed by atoms with Crippen molar-refractivity contribution >= 4 is 45.4 Å². The van der Waals surface area contributed by atoms with Crippen LogP contribution in [0.5, 0.6) is 0 Å². The first-order valence-electron chi connectivity index (χ1n) is 7.66. The number of carbonyl (C=O) groups is 1. The molecule has 1 unspecified atom stereocenters. The van der Waals surface area contributed by atoms with Crippen LogP contribution in [-0.2, 0) is 10.0 Å². The van der Waals surface area contributed by atoms with Gasteiger partial charge in [-0.3, -0.25) is 9.52 Å². The van der Waals surface area contributed by atoms with Crippen molar-refractivity contribution in [1.82, 2.24) is 5.32 Å². The first-order valence-corrected chi connectivity index (χ1v) is 10.0. The summed E-state index contributed by atoms with van der Waals surface area (Å²) in [6.07, 6.45) is 2.24. The fourth-order valence-electron chi connectivity index (χ4n) is 2.35. The number of hydrogen-bond acceptors (Lipinski definition) is 5. The maximum atomic E-state index is 12.2. The molecule has 1 atom stereocenters. The van der Waals surface area contributed by atoms with Crippen LogP contribution >= 0.6 is 23.7 Å². The Balaban J connectivity index is 0.00000225. The van der Waals surface area contributed by atoms with Crippen LogP contribution in [0.25, 0.3) is 0 Å². The van der Waals surface area contributed by atoms with E-state index in [1.54, 1.807) is 29.6 Å². The molecule has 0 spiro atoms. The van der Waals surface area contributed by atoms with E-state index in [-0.39, 0.29) is 28.6 Å². The summed E-state index contributed by atoms with van der Waals surface area (Å²) in [7, 11) is -3.62. The molecule has 1 fully saturated rings. The largest absolute Gasteiger partial charge is 0.350 e. The van der Waals surface area contributed by atoms with Crippen LogP contribution in [0.3, 0.4) is 0 Å². The van der Waals surface area contributed by atoms with Crippen molar-refractivity contribution in [1.29, 1.82) is 0 Å². The summed E-state index contributed by atoms with van der Waals surface area (Å²) < 4.78 is 27.2. The lowest BCUT2D eigenvalue weighted by atomic mass is 10.1. The number of thiophene rings is 1. The molecule has 0 aliphatic heterocycles. The molecule has 3 rings (SSSR count). The maximum Gasteiger partial charge on any atom is 0.271 e. The Bertz CT molecular complexity index is 821. The van der Waals surface area contributed by atoms with Gasteiger partial charge >= 0.3 is 0 Å². The zero-order chi connectivity index (χ0) is 17.2. The Morgan fingerprint density at radius 3 is 2.68 bits per heavy atom. The molecule has 4 N–H and O–H groups in total. The summed E-state index contributed by atoms with van der Waals surface area (Å²) >= 11 is 1.14. The molecule has 1 saturated carbocycles. The van der Waals surface area contributed by atoms with Crippen molar-refractivity contribution in [3.8, 4) is 0 Å². The van der Waals surface area contributed by atoms with Crippen LogP contribution in [0.4, 0.5) is 5.69 Å². The minimum atomic E-state index is -3.62. The van der Waals surface area contributed by atoms with E-state index in [1.165, 1.54) is 12.1 Å². The summed E-state index contributed by atoms with van der Waals surface area (Å²) in [6, 6.07) is 9.59. The third-order valence-corrected chi connectivity index (χ3v) is 6.64. The lowest BCUT2D eigenvalue weighted by molar-refractivity contribution is 0.0950. The van der Waals surface area contributed by atoms with Gasteiger partial charge in [-0.05, 0) is 48.4 Å². The average molecular weight is 402 g/mol. The van der Waals surface area contributed by atoms with Crippen LogP contribution in [0.1, 0.15) is 23.2 Å². The van der Waals surface area contributed by atoms with Crippen LogP contribution in [0, 0.1) is 5.92 Å². The lowest BCUT2D eigenvalue weighted by Gasteiger charge is -2.12. The molecule has 1 aromatic heterocycles. The fraction of sp³-hybridized carbons (Fsp3) is 0.312. The second kappa shape index (κ2) is 8.18. The molecular formula is C16H20ClN3O3S2. The number of sulfonamides is 1. The smallest absolute Gasteiger partial charge is 0.271 e. The molecule has 6 nitrogen and oxygen atoms in total. The number of hydrogen-bond donors (Lipinski definition) is 3. The Morgan fingerprint density at radius 2 is 2.04 bits per heavy atom. The van der Waals surface area contributed by atoms with Gasteiger partial charge in [0.25, 0.3) is 15.9 Å². The molecule has 136 valence electrons. The molecule has 0 radical (unpaired) electrons. The third-order valence-electron chi connectivity index (χ3n) is 3.86. The van der Waals surface area contributed by atoms with E-state index >= 15 is 0 Å². The van der Waals surface area contributed by atoms with Crippen LogP contribution < -0.4 is 15.8 Å². The molecule has 0 saturated heterocycles. The number of carbonyl (C=O) groups excluding carboxylic acids is 1. The molecule has 1 aliphatic rings. The number of benzene rings is 1. The Hall–Kier alpha value is -1.61. The summed E-state index contributed by atoms with van der Waals surface area (Å²) in [5, 5.41) is 4.49. The van der Waals surface area contributed by atoms with Crippen LogP contribution in [-0.4, -0.2) is 26.9 Å². The van der Waals surface area contributed by atoms with Crippen molar-refractivity contribution in [3.05, 3.63) is 47.3 Å². The van der Waals surface area contributed by atoms with E-state index in [2.05, 4.69) is 10.0 Å². The molecule has 1 aliphatic carbocycles. The first kappa shape index (κ1) is 19.7. The Morgan fingerprint density at radius 1 is 1.28 bits per heavy atom. The second-order valence-electron chi connectivity index (χ2n) is 5.83. The van der Waals surface area contributed by atoms with E-state index in [4.69, 9.17) is 5.73 Å². The van der Waals surface area contributed by atoms with E-state index < -0.39 is 10.0 Å². The highest BCUT2D eigenvalue weighted by Crippen LogP contribution is 2.31.